The van der Waals surface area contributed by atoms with Gasteiger partial charge in [0.1, 0.15) is 10.7 Å². The smallest absolute Gasteiger partial charge is 0.283 e. The van der Waals surface area contributed by atoms with Gasteiger partial charge in [-0.3, -0.25) is 14.4 Å². The summed E-state index contributed by atoms with van der Waals surface area (Å²) in [6.07, 6.45) is 0. The summed E-state index contributed by atoms with van der Waals surface area (Å²) in [7, 11) is 0. The second-order valence-corrected chi connectivity index (χ2v) is 8.86. The zero-order valence-electron chi connectivity index (χ0n) is 18.7. The highest BCUT2D eigenvalue weighted by Gasteiger charge is 2.39. The highest BCUT2D eigenvalue weighted by atomic mass is 35.5. The molecule has 0 bridgehead atoms. The van der Waals surface area contributed by atoms with Gasteiger partial charge in [-0.1, -0.05) is 53.0 Å². The molecule has 0 aromatic heterocycles. The lowest BCUT2D eigenvalue weighted by Crippen LogP contribution is -2.32. The molecule has 3 aromatic carbocycles. The number of nitrogens with zero attached hydrogens (tertiary/aromatic N) is 1. The van der Waals surface area contributed by atoms with Gasteiger partial charge in [0, 0.05) is 22.0 Å². The molecule has 0 aliphatic carbocycles. The molecule has 0 unspecified atom stereocenters. The average Bonchev–Trinajstić information content (AvgIpc) is 2.99. The molecule has 0 saturated heterocycles. The zero-order valence-corrected chi connectivity index (χ0v) is 20.2. The predicted molar refractivity (Wildman–Crippen MR) is 135 cm³/mol. The van der Waals surface area contributed by atoms with Crippen LogP contribution in [0.3, 0.4) is 0 Å². The van der Waals surface area contributed by atoms with Gasteiger partial charge < -0.3 is 10.6 Å². The van der Waals surface area contributed by atoms with Crippen LogP contribution in [0.2, 0.25) is 5.02 Å². The third kappa shape index (κ3) is 4.55. The van der Waals surface area contributed by atoms with Crippen LogP contribution in [0.15, 0.2) is 71.4 Å². The van der Waals surface area contributed by atoms with Crippen molar-refractivity contribution in [3.8, 4) is 0 Å². The van der Waals surface area contributed by atoms with Crippen LogP contribution < -0.4 is 15.5 Å². The molecule has 0 fully saturated rings. The Labute approximate surface area is 207 Å². The molecule has 0 spiro atoms. The Bertz CT molecular complexity index is 1360. The maximum Gasteiger partial charge on any atom is 0.283 e. The van der Waals surface area contributed by atoms with Crippen LogP contribution in [-0.4, -0.2) is 17.7 Å². The van der Waals surface area contributed by atoms with Crippen molar-refractivity contribution in [2.75, 3.05) is 15.5 Å². The topological polar surface area (TPSA) is 78.5 Å². The number of imide groups is 1. The summed E-state index contributed by atoms with van der Waals surface area (Å²) in [6.45, 7) is 5.88. The first-order valence-corrected chi connectivity index (χ1v) is 11.2. The van der Waals surface area contributed by atoms with Crippen molar-refractivity contribution < 1.29 is 14.4 Å². The maximum atomic E-state index is 13.0. The summed E-state index contributed by atoms with van der Waals surface area (Å²) in [4.78, 5) is 39.5. The largest absolute Gasteiger partial charge is 0.350 e. The summed E-state index contributed by atoms with van der Waals surface area (Å²) in [5.74, 6) is -1.57. The van der Waals surface area contributed by atoms with Crippen molar-refractivity contribution in [1.29, 1.82) is 0 Å². The Kier molecular flexibility index (Phi) is 6.46. The predicted octanol–water partition coefficient (Wildman–Crippen LogP) is 5.95. The van der Waals surface area contributed by atoms with E-state index >= 15 is 0 Å². The van der Waals surface area contributed by atoms with Crippen molar-refractivity contribution in [1.82, 2.24) is 0 Å². The lowest BCUT2D eigenvalue weighted by molar-refractivity contribution is -0.120. The minimum atomic E-state index is -0.657. The summed E-state index contributed by atoms with van der Waals surface area (Å²) in [5, 5.41) is 5.99. The van der Waals surface area contributed by atoms with E-state index in [1.807, 2.05) is 32.9 Å². The third-order valence-corrected chi connectivity index (χ3v) is 5.99. The molecule has 8 heteroatoms. The van der Waals surface area contributed by atoms with Crippen LogP contribution >= 0.6 is 23.2 Å². The van der Waals surface area contributed by atoms with E-state index in [0.717, 1.165) is 27.3 Å². The molecular formula is C26H21Cl2N3O3. The first kappa shape index (κ1) is 23.5. The minimum absolute atomic E-state index is 0.0746. The van der Waals surface area contributed by atoms with E-state index < -0.39 is 11.8 Å². The molecule has 0 radical (unpaired) electrons. The maximum absolute atomic E-state index is 13.0. The van der Waals surface area contributed by atoms with Crippen molar-refractivity contribution in [3.63, 3.8) is 0 Å². The van der Waals surface area contributed by atoms with Crippen molar-refractivity contribution in [2.45, 2.75) is 20.8 Å². The number of hydrogen-bond donors (Lipinski definition) is 2. The van der Waals surface area contributed by atoms with E-state index in [2.05, 4.69) is 10.6 Å². The number of rotatable bonds is 5. The average molecular weight is 494 g/mol. The Morgan fingerprint density at radius 2 is 1.53 bits per heavy atom. The van der Waals surface area contributed by atoms with Crippen LogP contribution in [0, 0.1) is 20.8 Å². The van der Waals surface area contributed by atoms with E-state index in [4.69, 9.17) is 23.2 Å². The molecule has 172 valence electrons. The standard InChI is InChI=1S/C26H21Cl2N3O3/c1-14-10-15(2)22(16(3)11-14)30-24(32)17-6-4-8-19(12-17)29-23-21(28)25(33)31(26(23)34)20-9-5-7-18(27)13-20/h4-13,29H,1-3H3,(H,30,32). The van der Waals surface area contributed by atoms with Crippen LogP contribution in [-0.2, 0) is 9.59 Å². The van der Waals surface area contributed by atoms with E-state index in [9.17, 15) is 14.4 Å². The Balaban J connectivity index is 1.56. The summed E-state index contributed by atoms with van der Waals surface area (Å²) < 4.78 is 0. The molecule has 34 heavy (non-hydrogen) atoms. The third-order valence-electron chi connectivity index (χ3n) is 5.40. The van der Waals surface area contributed by atoms with Crippen LogP contribution in [0.4, 0.5) is 17.1 Å². The number of halogens is 2. The number of hydrogen-bond acceptors (Lipinski definition) is 4. The number of aryl methyl sites for hydroxylation is 3. The van der Waals surface area contributed by atoms with E-state index in [0.29, 0.717) is 22.0 Å². The van der Waals surface area contributed by atoms with Crippen LogP contribution in [0.5, 0.6) is 0 Å². The fourth-order valence-corrected chi connectivity index (χ4v) is 4.30. The fraction of sp³-hybridized carbons (Fsp3) is 0.115. The SMILES string of the molecule is Cc1cc(C)c(NC(=O)c2cccc(NC3=C(Cl)C(=O)N(c4cccc(Cl)c4)C3=O)c2)c(C)c1. The van der Waals surface area contributed by atoms with Gasteiger partial charge in [0.25, 0.3) is 17.7 Å². The monoisotopic (exact) mass is 493 g/mol. The summed E-state index contributed by atoms with van der Waals surface area (Å²) in [5.41, 5.74) is 4.86. The minimum Gasteiger partial charge on any atom is -0.350 e. The second kappa shape index (κ2) is 9.33. The number of amides is 3. The molecule has 1 aliphatic rings. The molecule has 2 N–H and O–H groups in total. The Hall–Kier alpha value is -3.61. The highest BCUT2D eigenvalue weighted by molar-refractivity contribution is 6.53. The molecule has 4 rings (SSSR count). The van der Waals surface area contributed by atoms with Gasteiger partial charge in [0.2, 0.25) is 0 Å². The van der Waals surface area contributed by atoms with Gasteiger partial charge >= 0.3 is 0 Å². The quantitative estimate of drug-likeness (QED) is 0.430. The number of carbonyl (C=O) groups excluding carboxylic acids is 3. The number of nitrogens with one attached hydrogen (secondary N) is 2. The molecule has 6 nitrogen and oxygen atoms in total. The van der Waals surface area contributed by atoms with Gasteiger partial charge in [-0.2, -0.15) is 0 Å². The number of carbonyl (C=O) groups is 3. The molecule has 1 heterocycles. The van der Waals surface area contributed by atoms with Crippen LogP contribution in [0.25, 0.3) is 0 Å². The molecule has 0 atom stereocenters. The zero-order chi connectivity index (χ0) is 24.6. The van der Waals surface area contributed by atoms with Crippen LogP contribution in [0.1, 0.15) is 27.0 Å². The fourth-order valence-electron chi connectivity index (χ4n) is 3.91. The van der Waals surface area contributed by atoms with Crippen molar-refractivity contribution >= 4 is 58.0 Å². The van der Waals surface area contributed by atoms with Gasteiger partial charge in [0.05, 0.1) is 5.69 Å². The lowest BCUT2D eigenvalue weighted by atomic mass is 10.0. The molecule has 3 aromatic rings. The second-order valence-electron chi connectivity index (χ2n) is 8.05. The molecule has 0 saturated carbocycles. The normalized spacial score (nSPS) is 13.5. The molecular weight excluding hydrogens is 473 g/mol. The van der Waals surface area contributed by atoms with Gasteiger partial charge in [-0.25, -0.2) is 4.90 Å². The first-order chi connectivity index (χ1) is 16.2. The Morgan fingerprint density at radius 3 is 2.21 bits per heavy atom. The molecule has 3 amide bonds. The van der Waals surface area contributed by atoms with Gasteiger partial charge in [-0.05, 0) is 68.3 Å². The number of benzene rings is 3. The van der Waals surface area contributed by atoms with E-state index in [1.165, 1.54) is 6.07 Å². The van der Waals surface area contributed by atoms with Crippen molar-refractivity contribution in [3.05, 3.63) is 98.7 Å². The van der Waals surface area contributed by atoms with E-state index in [1.54, 1.807) is 42.5 Å². The van der Waals surface area contributed by atoms with E-state index in [-0.39, 0.29) is 16.6 Å². The summed E-state index contributed by atoms with van der Waals surface area (Å²) in [6, 6.07) is 17.0. The highest BCUT2D eigenvalue weighted by Crippen LogP contribution is 2.31. The lowest BCUT2D eigenvalue weighted by Gasteiger charge is -2.15. The first-order valence-electron chi connectivity index (χ1n) is 10.5. The Morgan fingerprint density at radius 1 is 0.853 bits per heavy atom. The van der Waals surface area contributed by atoms with Crippen molar-refractivity contribution in [2.24, 2.45) is 0 Å². The summed E-state index contributed by atoms with van der Waals surface area (Å²) >= 11 is 12.2. The van der Waals surface area contributed by atoms with Gasteiger partial charge in [-0.15, -0.1) is 0 Å². The number of anilines is 3. The molecule has 1 aliphatic heterocycles. The van der Waals surface area contributed by atoms with Gasteiger partial charge in [0.15, 0.2) is 0 Å².